The lowest BCUT2D eigenvalue weighted by molar-refractivity contribution is 0.345. The molecule has 130 valence electrons. The third kappa shape index (κ3) is 3.22. The molecule has 0 radical (unpaired) electrons. The van der Waals surface area contributed by atoms with Crippen LogP contribution in [-0.4, -0.2) is 34.2 Å². The minimum absolute atomic E-state index is 0.182. The summed E-state index contributed by atoms with van der Waals surface area (Å²) in [6.07, 6.45) is 1.06. The van der Waals surface area contributed by atoms with Gasteiger partial charge in [-0.25, -0.2) is 9.97 Å². The van der Waals surface area contributed by atoms with E-state index in [1.807, 2.05) is 32.0 Å². The Balaban J connectivity index is 1.44. The molecule has 3 aromatic rings. The Morgan fingerprint density at radius 2 is 2.16 bits per heavy atom. The number of nitrogens with one attached hydrogen (secondary N) is 1. The molecule has 0 saturated carbocycles. The van der Waals surface area contributed by atoms with Gasteiger partial charge in [-0.05, 0) is 38.3 Å². The van der Waals surface area contributed by atoms with E-state index in [-0.39, 0.29) is 5.56 Å². The first-order valence-corrected chi connectivity index (χ1v) is 8.52. The van der Waals surface area contributed by atoms with Crippen molar-refractivity contribution in [2.24, 2.45) is 5.92 Å². The molecule has 1 atom stereocenters. The number of rotatable bonds is 4. The zero-order valence-corrected chi connectivity index (χ0v) is 14.4. The molecule has 0 aliphatic carbocycles. The Morgan fingerprint density at radius 1 is 1.28 bits per heavy atom. The topological polar surface area (TPSA) is 75.7 Å². The highest BCUT2D eigenvalue weighted by molar-refractivity contribution is 5.48. The highest BCUT2D eigenvalue weighted by atomic mass is 16.5. The maximum absolute atomic E-state index is 12.2. The average molecular weight is 339 g/mol. The van der Waals surface area contributed by atoms with E-state index in [9.17, 15) is 4.79 Å². The molecule has 4 rings (SSSR count). The second-order valence-corrected chi connectivity index (χ2v) is 6.60. The van der Waals surface area contributed by atoms with Crippen LogP contribution in [0.2, 0.25) is 0 Å². The van der Waals surface area contributed by atoms with Crippen LogP contribution in [-0.2, 0) is 0 Å². The molecule has 1 unspecified atom stereocenters. The molecule has 1 aliphatic rings. The third-order valence-electron chi connectivity index (χ3n) is 4.53. The molecule has 3 aromatic heterocycles. The van der Waals surface area contributed by atoms with Gasteiger partial charge in [0.05, 0.1) is 0 Å². The fourth-order valence-electron chi connectivity index (χ4n) is 3.27. The molecular formula is C18H21N5O2. The van der Waals surface area contributed by atoms with Gasteiger partial charge in [0.1, 0.15) is 17.4 Å². The van der Waals surface area contributed by atoms with E-state index >= 15 is 0 Å². The summed E-state index contributed by atoms with van der Waals surface area (Å²) in [5.74, 6) is 2.80. The lowest BCUT2D eigenvalue weighted by Crippen LogP contribution is -2.25. The summed E-state index contributed by atoms with van der Waals surface area (Å²) in [6, 6.07) is 9.31. The molecule has 4 heterocycles. The standard InChI is InChI=1S/C18H21N5O2/c1-12-4-3-5-15(20-12)19-10-14-6-7-22(11-14)16-9-18(24)23-17(21-16)8-13(2)25-23/h3-5,8-9,14H,6-7,10-11H2,1-2H3,(H,19,20). The van der Waals surface area contributed by atoms with Gasteiger partial charge in [0.25, 0.3) is 5.56 Å². The zero-order chi connectivity index (χ0) is 17.4. The van der Waals surface area contributed by atoms with Gasteiger partial charge in [-0.2, -0.15) is 0 Å². The second kappa shape index (κ2) is 6.23. The molecule has 1 N–H and O–H groups in total. The van der Waals surface area contributed by atoms with Crippen molar-refractivity contribution in [3.63, 3.8) is 0 Å². The number of hydrogen-bond donors (Lipinski definition) is 1. The van der Waals surface area contributed by atoms with E-state index in [2.05, 4.69) is 20.2 Å². The zero-order valence-electron chi connectivity index (χ0n) is 14.4. The molecular weight excluding hydrogens is 318 g/mol. The second-order valence-electron chi connectivity index (χ2n) is 6.60. The van der Waals surface area contributed by atoms with Crippen molar-refractivity contribution >= 4 is 17.3 Å². The summed E-state index contributed by atoms with van der Waals surface area (Å²) < 4.78 is 6.57. The Kier molecular flexibility index (Phi) is 3.91. The summed E-state index contributed by atoms with van der Waals surface area (Å²) in [4.78, 5) is 23.4. The van der Waals surface area contributed by atoms with Gasteiger partial charge < -0.3 is 14.7 Å². The number of nitrogens with zero attached hydrogens (tertiary/aromatic N) is 4. The van der Waals surface area contributed by atoms with Crippen LogP contribution in [0.3, 0.4) is 0 Å². The highest BCUT2D eigenvalue weighted by Gasteiger charge is 2.24. The molecule has 0 amide bonds. The Labute approximate surface area is 145 Å². The van der Waals surface area contributed by atoms with E-state index in [4.69, 9.17) is 4.52 Å². The van der Waals surface area contributed by atoms with Crippen LogP contribution < -0.4 is 15.8 Å². The molecule has 25 heavy (non-hydrogen) atoms. The van der Waals surface area contributed by atoms with Crippen molar-refractivity contribution in [3.05, 3.63) is 52.1 Å². The van der Waals surface area contributed by atoms with Gasteiger partial charge in [0.15, 0.2) is 5.65 Å². The smallest absolute Gasteiger partial charge is 0.289 e. The number of pyridine rings is 1. The monoisotopic (exact) mass is 339 g/mol. The van der Waals surface area contributed by atoms with Gasteiger partial charge in [-0.3, -0.25) is 4.79 Å². The van der Waals surface area contributed by atoms with E-state index in [1.165, 1.54) is 4.57 Å². The normalized spacial score (nSPS) is 17.4. The fourth-order valence-corrected chi connectivity index (χ4v) is 3.27. The highest BCUT2D eigenvalue weighted by Crippen LogP contribution is 2.22. The SMILES string of the molecule is Cc1cccc(NCC2CCN(c3cc(=O)n4oc(C)cc4n3)C2)n1. The van der Waals surface area contributed by atoms with Gasteiger partial charge >= 0.3 is 0 Å². The van der Waals surface area contributed by atoms with Gasteiger partial charge in [0, 0.05) is 37.5 Å². The summed E-state index contributed by atoms with van der Waals surface area (Å²) in [5.41, 5.74) is 1.38. The van der Waals surface area contributed by atoms with Crippen LogP contribution in [0.15, 0.2) is 39.6 Å². The van der Waals surface area contributed by atoms with Crippen LogP contribution >= 0.6 is 0 Å². The Morgan fingerprint density at radius 3 is 3.00 bits per heavy atom. The van der Waals surface area contributed by atoms with Crippen LogP contribution in [0.4, 0.5) is 11.6 Å². The molecule has 0 bridgehead atoms. The quantitative estimate of drug-likeness (QED) is 0.786. The first kappa shape index (κ1) is 15.7. The van der Waals surface area contributed by atoms with Crippen LogP contribution in [0.5, 0.6) is 0 Å². The maximum Gasteiger partial charge on any atom is 0.289 e. The Bertz CT molecular complexity index is 961. The van der Waals surface area contributed by atoms with Crippen LogP contribution in [0.25, 0.3) is 5.65 Å². The molecule has 0 aromatic carbocycles. The van der Waals surface area contributed by atoms with Gasteiger partial charge in [-0.15, -0.1) is 4.57 Å². The Hall–Kier alpha value is -2.83. The summed E-state index contributed by atoms with van der Waals surface area (Å²) in [6.45, 7) is 6.43. The van der Waals surface area contributed by atoms with E-state index in [1.54, 1.807) is 12.1 Å². The van der Waals surface area contributed by atoms with Gasteiger partial charge in [0.2, 0.25) is 0 Å². The summed E-state index contributed by atoms with van der Waals surface area (Å²) >= 11 is 0. The van der Waals surface area contributed by atoms with E-state index in [0.29, 0.717) is 17.3 Å². The maximum atomic E-state index is 12.2. The van der Waals surface area contributed by atoms with E-state index < -0.39 is 0 Å². The van der Waals surface area contributed by atoms with Crippen molar-refractivity contribution in [1.82, 2.24) is 14.5 Å². The molecule has 0 spiro atoms. The van der Waals surface area contributed by atoms with E-state index in [0.717, 1.165) is 43.4 Å². The molecule has 7 heteroatoms. The lowest BCUT2D eigenvalue weighted by Gasteiger charge is -2.17. The number of hydrogen-bond acceptors (Lipinski definition) is 6. The van der Waals surface area contributed by atoms with Crippen molar-refractivity contribution < 1.29 is 4.52 Å². The van der Waals surface area contributed by atoms with Crippen LogP contribution in [0.1, 0.15) is 17.9 Å². The van der Waals surface area contributed by atoms with Crippen LogP contribution in [0, 0.1) is 19.8 Å². The molecule has 1 saturated heterocycles. The number of aromatic nitrogens is 3. The molecule has 1 fully saturated rings. The average Bonchev–Trinajstić information content (AvgIpc) is 3.19. The summed E-state index contributed by atoms with van der Waals surface area (Å²) in [7, 11) is 0. The predicted molar refractivity (Wildman–Crippen MR) is 96.2 cm³/mol. The number of aryl methyl sites for hydroxylation is 2. The van der Waals surface area contributed by atoms with Crippen molar-refractivity contribution in [1.29, 1.82) is 0 Å². The van der Waals surface area contributed by atoms with Crippen molar-refractivity contribution in [2.75, 3.05) is 29.9 Å². The van der Waals surface area contributed by atoms with Gasteiger partial charge in [-0.1, -0.05) is 6.07 Å². The lowest BCUT2D eigenvalue weighted by atomic mass is 10.1. The molecule has 7 nitrogen and oxygen atoms in total. The minimum atomic E-state index is -0.182. The first-order valence-electron chi connectivity index (χ1n) is 8.52. The fraction of sp³-hybridized carbons (Fsp3) is 0.389. The first-order chi connectivity index (χ1) is 12.1. The summed E-state index contributed by atoms with van der Waals surface area (Å²) in [5, 5.41) is 3.40. The number of anilines is 2. The largest absolute Gasteiger partial charge is 0.375 e. The predicted octanol–water partition coefficient (Wildman–Crippen LogP) is 2.24. The van der Waals surface area contributed by atoms with Crippen molar-refractivity contribution in [2.45, 2.75) is 20.3 Å². The third-order valence-corrected chi connectivity index (χ3v) is 4.53. The molecule has 1 aliphatic heterocycles. The minimum Gasteiger partial charge on any atom is -0.375 e. The number of fused-ring (bicyclic) bond motifs is 1. The van der Waals surface area contributed by atoms with Crippen molar-refractivity contribution in [3.8, 4) is 0 Å².